The Hall–Kier alpha value is -1.41. The number of aliphatic hydroxyl groups excluding tert-OH is 1. The highest BCUT2D eigenvalue weighted by atomic mass is 16.3. The van der Waals surface area contributed by atoms with E-state index in [1.807, 2.05) is 30.3 Å². The van der Waals surface area contributed by atoms with Gasteiger partial charge in [0.15, 0.2) is 0 Å². The molecular formula is C15H17NO. The molecule has 2 nitrogen and oxygen atoms in total. The van der Waals surface area contributed by atoms with E-state index < -0.39 is 0 Å². The molecule has 0 saturated heterocycles. The summed E-state index contributed by atoms with van der Waals surface area (Å²) in [5, 5.41) is 11.3. The van der Waals surface area contributed by atoms with Crippen molar-refractivity contribution in [2.45, 2.75) is 31.8 Å². The maximum atomic E-state index is 10.2. The molecule has 1 atom stereocenters. The van der Waals surface area contributed by atoms with Crippen LogP contribution in [0.3, 0.4) is 0 Å². The summed E-state index contributed by atoms with van der Waals surface area (Å²) in [6.07, 6.45) is 6.26. The fraction of sp³-hybridized carbons (Fsp3) is 0.400. The number of fused-ring (bicyclic) bond motifs is 1. The molecule has 1 aliphatic rings. The number of rotatable bonds is 3. The van der Waals surface area contributed by atoms with Gasteiger partial charge in [-0.25, -0.2) is 0 Å². The molecule has 1 N–H and O–H groups in total. The lowest BCUT2D eigenvalue weighted by Crippen LogP contribution is -2.14. The zero-order chi connectivity index (χ0) is 11.7. The number of aromatic nitrogens is 1. The van der Waals surface area contributed by atoms with Gasteiger partial charge in [0, 0.05) is 11.6 Å². The summed E-state index contributed by atoms with van der Waals surface area (Å²) in [5.74, 6) is 0.726. The first-order valence-corrected chi connectivity index (χ1v) is 6.36. The molecule has 1 aromatic carbocycles. The van der Waals surface area contributed by atoms with Crippen LogP contribution >= 0.6 is 0 Å². The van der Waals surface area contributed by atoms with E-state index in [-0.39, 0.29) is 6.10 Å². The summed E-state index contributed by atoms with van der Waals surface area (Å²) in [6.45, 7) is 0. The first-order chi connectivity index (χ1) is 8.33. The maximum Gasteiger partial charge on any atom is 0.0793 e. The van der Waals surface area contributed by atoms with Crippen molar-refractivity contribution in [2.75, 3.05) is 0 Å². The zero-order valence-electron chi connectivity index (χ0n) is 9.84. The molecule has 0 spiro atoms. The zero-order valence-corrected chi connectivity index (χ0v) is 9.84. The van der Waals surface area contributed by atoms with E-state index in [1.54, 1.807) is 6.20 Å². The van der Waals surface area contributed by atoms with Crippen molar-refractivity contribution in [1.29, 1.82) is 0 Å². The minimum Gasteiger partial charge on any atom is -0.388 e. The van der Waals surface area contributed by atoms with Crippen LogP contribution in [0.15, 0.2) is 36.5 Å². The minimum absolute atomic E-state index is 0.327. The van der Waals surface area contributed by atoms with Crippen molar-refractivity contribution in [3.63, 3.8) is 0 Å². The van der Waals surface area contributed by atoms with Crippen LogP contribution in [0.25, 0.3) is 10.9 Å². The van der Waals surface area contributed by atoms with E-state index in [9.17, 15) is 5.11 Å². The summed E-state index contributed by atoms with van der Waals surface area (Å²) in [7, 11) is 0. The number of benzene rings is 1. The van der Waals surface area contributed by atoms with Crippen LogP contribution in [0.5, 0.6) is 0 Å². The van der Waals surface area contributed by atoms with Crippen LogP contribution in [0, 0.1) is 5.92 Å². The van der Waals surface area contributed by atoms with Crippen molar-refractivity contribution < 1.29 is 5.11 Å². The summed E-state index contributed by atoms with van der Waals surface area (Å²) >= 11 is 0. The third kappa shape index (κ3) is 2.18. The molecule has 1 aromatic heterocycles. The van der Waals surface area contributed by atoms with E-state index >= 15 is 0 Å². The highest BCUT2D eigenvalue weighted by Crippen LogP contribution is 2.35. The van der Waals surface area contributed by atoms with Gasteiger partial charge >= 0.3 is 0 Å². The van der Waals surface area contributed by atoms with Gasteiger partial charge in [0.25, 0.3) is 0 Å². The average Bonchev–Trinajstić information content (AvgIpc) is 2.33. The summed E-state index contributed by atoms with van der Waals surface area (Å²) < 4.78 is 0. The third-order valence-corrected chi connectivity index (χ3v) is 3.80. The molecule has 1 aliphatic carbocycles. The van der Waals surface area contributed by atoms with Crippen LogP contribution in [-0.4, -0.2) is 10.1 Å². The first kappa shape index (κ1) is 10.7. The van der Waals surface area contributed by atoms with Crippen LogP contribution in [0.4, 0.5) is 0 Å². The highest BCUT2D eigenvalue weighted by molar-refractivity contribution is 5.78. The standard InChI is InChI=1S/C15H17NO/c17-15(9-11-3-1-4-11)13-7-6-12-5-2-8-16-14(12)10-13/h2,5-8,10-11,15,17H,1,3-4,9H2. The van der Waals surface area contributed by atoms with Gasteiger partial charge in [0.05, 0.1) is 11.6 Å². The van der Waals surface area contributed by atoms with Crippen molar-refractivity contribution in [1.82, 2.24) is 4.98 Å². The Labute approximate surface area is 101 Å². The Morgan fingerprint density at radius 3 is 2.94 bits per heavy atom. The molecule has 0 radical (unpaired) electrons. The molecule has 1 heterocycles. The van der Waals surface area contributed by atoms with Gasteiger partial charge in [0.2, 0.25) is 0 Å². The SMILES string of the molecule is OC(CC1CCC1)c1ccc2cccnc2c1. The topological polar surface area (TPSA) is 33.1 Å². The van der Waals surface area contributed by atoms with Gasteiger partial charge in [-0.15, -0.1) is 0 Å². The Balaban J connectivity index is 1.83. The van der Waals surface area contributed by atoms with E-state index in [1.165, 1.54) is 19.3 Å². The second-order valence-electron chi connectivity index (χ2n) is 5.00. The fourth-order valence-electron chi connectivity index (χ4n) is 2.47. The smallest absolute Gasteiger partial charge is 0.0793 e. The van der Waals surface area contributed by atoms with Gasteiger partial charge in [0.1, 0.15) is 0 Å². The Kier molecular flexibility index (Phi) is 2.81. The molecule has 3 rings (SSSR count). The Morgan fingerprint density at radius 1 is 1.29 bits per heavy atom. The second-order valence-corrected chi connectivity index (χ2v) is 5.00. The van der Waals surface area contributed by atoms with Crippen molar-refractivity contribution in [2.24, 2.45) is 5.92 Å². The molecule has 0 bridgehead atoms. The van der Waals surface area contributed by atoms with E-state index in [0.717, 1.165) is 28.8 Å². The Morgan fingerprint density at radius 2 is 2.18 bits per heavy atom. The molecule has 2 aromatic rings. The van der Waals surface area contributed by atoms with Gasteiger partial charge in [-0.3, -0.25) is 4.98 Å². The summed E-state index contributed by atoms with van der Waals surface area (Å²) in [6, 6.07) is 10.1. The second kappa shape index (κ2) is 4.46. The lowest BCUT2D eigenvalue weighted by Gasteiger charge is -2.27. The van der Waals surface area contributed by atoms with Gasteiger partial charge in [-0.2, -0.15) is 0 Å². The van der Waals surface area contributed by atoms with Crippen LogP contribution in [0.1, 0.15) is 37.4 Å². The van der Waals surface area contributed by atoms with Crippen molar-refractivity contribution in [3.8, 4) is 0 Å². The molecule has 1 fully saturated rings. The molecule has 0 amide bonds. The average molecular weight is 227 g/mol. The largest absolute Gasteiger partial charge is 0.388 e. The fourth-order valence-corrected chi connectivity index (χ4v) is 2.47. The monoisotopic (exact) mass is 227 g/mol. The first-order valence-electron chi connectivity index (χ1n) is 6.36. The van der Waals surface area contributed by atoms with E-state index in [0.29, 0.717) is 0 Å². The highest BCUT2D eigenvalue weighted by Gasteiger charge is 2.21. The van der Waals surface area contributed by atoms with Crippen molar-refractivity contribution >= 4 is 10.9 Å². The predicted molar refractivity (Wildman–Crippen MR) is 68.7 cm³/mol. The normalized spacial score (nSPS) is 17.9. The lowest BCUT2D eigenvalue weighted by molar-refractivity contribution is 0.118. The van der Waals surface area contributed by atoms with Gasteiger partial charge in [-0.05, 0) is 30.0 Å². The molecule has 1 unspecified atom stereocenters. The maximum absolute atomic E-state index is 10.2. The Bertz CT molecular complexity index is 519. The predicted octanol–water partition coefficient (Wildman–Crippen LogP) is 3.46. The molecule has 2 heteroatoms. The lowest BCUT2D eigenvalue weighted by atomic mass is 9.80. The summed E-state index contributed by atoms with van der Waals surface area (Å²) in [5.41, 5.74) is 1.97. The molecule has 1 saturated carbocycles. The molecule has 88 valence electrons. The number of hydrogen-bond donors (Lipinski definition) is 1. The van der Waals surface area contributed by atoms with Crippen LogP contribution in [-0.2, 0) is 0 Å². The number of nitrogens with zero attached hydrogens (tertiary/aromatic N) is 1. The van der Waals surface area contributed by atoms with Crippen molar-refractivity contribution in [3.05, 3.63) is 42.1 Å². The van der Waals surface area contributed by atoms with E-state index in [2.05, 4.69) is 4.98 Å². The molecular weight excluding hydrogens is 210 g/mol. The number of pyridine rings is 1. The molecule has 17 heavy (non-hydrogen) atoms. The molecule has 0 aliphatic heterocycles. The van der Waals surface area contributed by atoms with Gasteiger partial charge in [-0.1, -0.05) is 37.5 Å². The van der Waals surface area contributed by atoms with Gasteiger partial charge < -0.3 is 5.11 Å². The number of hydrogen-bond acceptors (Lipinski definition) is 2. The van der Waals surface area contributed by atoms with Crippen LogP contribution < -0.4 is 0 Å². The quantitative estimate of drug-likeness (QED) is 0.871. The van der Waals surface area contributed by atoms with Crippen LogP contribution in [0.2, 0.25) is 0 Å². The third-order valence-electron chi connectivity index (χ3n) is 3.80. The summed E-state index contributed by atoms with van der Waals surface area (Å²) in [4.78, 5) is 4.33. The minimum atomic E-state index is -0.327. The van der Waals surface area contributed by atoms with E-state index in [4.69, 9.17) is 0 Å². The number of aliphatic hydroxyl groups is 1.